The van der Waals surface area contributed by atoms with E-state index in [2.05, 4.69) is 4.98 Å². The van der Waals surface area contributed by atoms with Crippen molar-refractivity contribution in [3.05, 3.63) is 76.9 Å². The monoisotopic (exact) mass is 439 g/mol. The van der Waals surface area contributed by atoms with E-state index >= 15 is 0 Å². The number of aromatic nitrogens is 1. The lowest BCUT2D eigenvalue weighted by molar-refractivity contribution is -0.0563. The van der Waals surface area contributed by atoms with Gasteiger partial charge in [0.05, 0.1) is 31.0 Å². The van der Waals surface area contributed by atoms with E-state index in [1.54, 1.807) is 37.5 Å². The number of aryl methyl sites for hydroxylation is 1. The highest BCUT2D eigenvalue weighted by Gasteiger charge is 2.24. The summed E-state index contributed by atoms with van der Waals surface area (Å²) < 4.78 is 30.7. The molecule has 0 saturated heterocycles. The van der Waals surface area contributed by atoms with Crippen LogP contribution in [0.1, 0.15) is 52.9 Å². The summed E-state index contributed by atoms with van der Waals surface area (Å²) in [6.45, 7) is 2.39. The first-order valence-corrected chi connectivity index (χ1v) is 10.7. The van der Waals surface area contributed by atoms with Crippen molar-refractivity contribution < 1.29 is 28.2 Å². The third kappa shape index (κ3) is 5.41. The van der Waals surface area contributed by atoms with Gasteiger partial charge in [-0.05, 0) is 68.0 Å². The van der Waals surface area contributed by atoms with Crippen LogP contribution in [0.5, 0.6) is 0 Å². The lowest BCUT2D eigenvalue weighted by Gasteiger charge is -2.29. The molecule has 7 heteroatoms. The molecule has 6 nitrogen and oxygen atoms in total. The maximum atomic E-state index is 13.1. The van der Waals surface area contributed by atoms with Crippen LogP contribution in [-0.4, -0.2) is 28.3 Å². The summed E-state index contributed by atoms with van der Waals surface area (Å²) >= 11 is 0. The van der Waals surface area contributed by atoms with Crippen LogP contribution in [0.15, 0.2) is 53.1 Å². The number of carboxylic acids is 1. The number of nitrogens with zero attached hydrogens (tertiary/aromatic N) is 1. The summed E-state index contributed by atoms with van der Waals surface area (Å²) in [5.74, 6) is -0.806. The molecule has 1 heterocycles. The number of hydrogen-bond donors (Lipinski definition) is 1. The van der Waals surface area contributed by atoms with Crippen molar-refractivity contribution in [1.29, 1.82) is 0 Å². The molecular weight excluding hydrogens is 413 g/mol. The highest BCUT2D eigenvalue weighted by Crippen LogP contribution is 2.27. The van der Waals surface area contributed by atoms with Crippen molar-refractivity contribution in [3.63, 3.8) is 0 Å². The SMILES string of the molecule is Cc1cccc(CO[C@@H]2CCC[C@@H](OCc3coc(-c4ccc(F)cc4)n3)C2)c1C(=O)O. The van der Waals surface area contributed by atoms with Crippen LogP contribution in [0.25, 0.3) is 11.5 Å². The largest absolute Gasteiger partial charge is 0.478 e. The Morgan fingerprint density at radius 3 is 2.56 bits per heavy atom. The first-order chi connectivity index (χ1) is 15.5. The van der Waals surface area contributed by atoms with Gasteiger partial charge in [-0.2, -0.15) is 0 Å². The Balaban J connectivity index is 1.29. The third-order valence-corrected chi connectivity index (χ3v) is 5.74. The van der Waals surface area contributed by atoms with Gasteiger partial charge in [0, 0.05) is 5.56 Å². The molecule has 1 fully saturated rings. The molecule has 168 valence electrons. The zero-order valence-corrected chi connectivity index (χ0v) is 17.9. The summed E-state index contributed by atoms with van der Waals surface area (Å²) in [5, 5.41) is 9.48. The fraction of sp³-hybridized carbons (Fsp3) is 0.360. The molecule has 2 atom stereocenters. The van der Waals surface area contributed by atoms with Crippen molar-refractivity contribution >= 4 is 5.97 Å². The number of benzene rings is 2. The number of oxazole rings is 1. The van der Waals surface area contributed by atoms with E-state index < -0.39 is 5.97 Å². The maximum absolute atomic E-state index is 13.1. The van der Waals surface area contributed by atoms with E-state index in [1.165, 1.54) is 12.1 Å². The van der Waals surface area contributed by atoms with E-state index in [9.17, 15) is 14.3 Å². The summed E-state index contributed by atoms with van der Waals surface area (Å²) in [6, 6.07) is 11.4. The fourth-order valence-corrected chi connectivity index (χ4v) is 4.07. The third-order valence-electron chi connectivity index (χ3n) is 5.74. The minimum Gasteiger partial charge on any atom is -0.478 e. The Morgan fingerprint density at radius 2 is 1.84 bits per heavy atom. The van der Waals surface area contributed by atoms with E-state index in [1.807, 2.05) is 6.07 Å². The van der Waals surface area contributed by atoms with Gasteiger partial charge >= 0.3 is 5.97 Å². The predicted octanol–water partition coefficient (Wildman–Crippen LogP) is 5.53. The van der Waals surface area contributed by atoms with Crippen LogP contribution < -0.4 is 0 Å². The van der Waals surface area contributed by atoms with Gasteiger partial charge in [-0.25, -0.2) is 14.2 Å². The molecule has 1 N–H and O–H groups in total. The first-order valence-electron chi connectivity index (χ1n) is 10.7. The first kappa shape index (κ1) is 22.2. The van der Waals surface area contributed by atoms with E-state index in [0.717, 1.165) is 31.2 Å². The standard InChI is InChI=1S/C25H26FNO5/c1-16-4-2-5-18(23(16)25(28)29)13-30-21-6-3-7-22(12-21)31-14-20-15-32-24(27-20)17-8-10-19(26)11-9-17/h2,4-5,8-11,15,21-22H,3,6-7,12-14H2,1H3,(H,28,29)/t21-,22-/m1/s1. The molecule has 0 bridgehead atoms. The molecule has 2 aromatic carbocycles. The number of carboxylic acid groups (broad SMARTS) is 1. The second kappa shape index (κ2) is 10.1. The second-order valence-electron chi connectivity index (χ2n) is 8.10. The van der Waals surface area contributed by atoms with Crippen LogP contribution in [0.2, 0.25) is 0 Å². The van der Waals surface area contributed by atoms with Crippen molar-refractivity contribution in [3.8, 4) is 11.5 Å². The molecule has 1 aliphatic rings. The van der Waals surface area contributed by atoms with Crippen LogP contribution >= 0.6 is 0 Å². The van der Waals surface area contributed by atoms with Gasteiger partial charge in [0.1, 0.15) is 17.8 Å². The van der Waals surface area contributed by atoms with Crippen LogP contribution in [0.3, 0.4) is 0 Å². The Labute approximate surface area is 186 Å². The molecule has 1 aromatic heterocycles. The highest BCUT2D eigenvalue weighted by molar-refractivity contribution is 5.91. The van der Waals surface area contributed by atoms with Gasteiger partial charge < -0.3 is 19.0 Å². The van der Waals surface area contributed by atoms with Crippen LogP contribution in [-0.2, 0) is 22.7 Å². The predicted molar refractivity (Wildman–Crippen MR) is 116 cm³/mol. The molecule has 32 heavy (non-hydrogen) atoms. The van der Waals surface area contributed by atoms with E-state index in [4.69, 9.17) is 13.9 Å². The minimum atomic E-state index is -0.931. The van der Waals surface area contributed by atoms with Gasteiger partial charge in [-0.1, -0.05) is 18.2 Å². The van der Waals surface area contributed by atoms with Gasteiger partial charge in [-0.3, -0.25) is 0 Å². The minimum absolute atomic E-state index is 0.0167. The van der Waals surface area contributed by atoms with Crippen molar-refractivity contribution in [2.75, 3.05) is 0 Å². The Kier molecular flexibility index (Phi) is 6.97. The van der Waals surface area contributed by atoms with Gasteiger partial charge in [0.2, 0.25) is 5.89 Å². The molecule has 1 saturated carbocycles. The summed E-state index contributed by atoms with van der Waals surface area (Å²) in [6.07, 6.45) is 5.20. The molecule has 0 amide bonds. The van der Waals surface area contributed by atoms with E-state index in [-0.39, 0.29) is 24.6 Å². The smallest absolute Gasteiger partial charge is 0.336 e. The number of ether oxygens (including phenoxy) is 2. The highest BCUT2D eigenvalue weighted by atomic mass is 19.1. The normalized spacial score (nSPS) is 18.6. The molecule has 0 radical (unpaired) electrons. The zero-order valence-electron chi connectivity index (χ0n) is 17.9. The van der Waals surface area contributed by atoms with Crippen LogP contribution in [0.4, 0.5) is 4.39 Å². The lowest BCUT2D eigenvalue weighted by atomic mass is 9.94. The topological polar surface area (TPSA) is 81.8 Å². The number of hydrogen-bond acceptors (Lipinski definition) is 5. The van der Waals surface area contributed by atoms with E-state index in [0.29, 0.717) is 34.9 Å². The fourth-order valence-electron chi connectivity index (χ4n) is 4.07. The Bertz CT molecular complexity index is 1060. The van der Waals surface area contributed by atoms with Crippen molar-refractivity contribution in [2.24, 2.45) is 0 Å². The maximum Gasteiger partial charge on any atom is 0.336 e. The summed E-state index contributed by atoms with van der Waals surface area (Å²) in [5.41, 5.74) is 3.13. The number of aromatic carboxylic acids is 1. The molecule has 0 spiro atoms. The number of rotatable bonds is 8. The van der Waals surface area contributed by atoms with Crippen LogP contribution in [0, 0.1) is 12.7 Å². The van der Waals surface area contributed by atoms with Gasteiger partial charge in [-0.15, -0.1) is 0 Å². The molecule has 1 aliphatic carbocycles. The Hall–Kier alpha value is -3.03. The van der Waals surface area contributed by atoms with Crippen molar-refractivity contribution in [1.82, 2.24) is 4.98 Å². The number of halogens is 1. The van der Waals surface area contributed by atoms with Crippen molar-refractivity contribution in [2.45, 2.75) is 58.0 Å². The lowest BCUT2D eigenvalue weighted by Crippen LogP contribution is -2.28. The molecule has 4 rings (SSSR count). The average Bonchev–Trinajstić information content (AvgIpc) is 3.26. The average molecular weight is 439 g/mol. The zero-order chi connectivity index (χ0) is 22.5. The quantitative estimate of drug-likeness (QED) is 0.497. The summed E-state index contributed by atoms with van der Waals surface area (Å²) in [7, 11) is 0. The van der Waals surface area contributed by atoms with Gasteiger partial charge in [0.25, 0.3) is 0 Å². The summed E-state index contributed by atoms with van der Waals surface area (Å²) in [4.78, 5) is 16.0. The molecule has 0 unspecified atom stereocenters. The molecule has 3 aromatic rings. The Morgan fingerprint density at radius 1 is 1.12 bits per heavy atom. The van der Waals surface area contributed by atoms with Gasteiger partial charge in [0.15, 0.2) is 0 Å². The molecule has 0 aliphatic heterocycles. The number of carbonyl (C=O) groups is 1. The second-order valence-corrected chi connectivity index (χ2v) is 8.10. The molecular formula is C25H26FNO5.